The topological polar surface area (TPSA) is 47.9 Å². The summed E-state index contributed by atoms with van der Waals surface area (Å²) in [6.07, 6.45) is -0.784. The van der Waals surface area contributed by atoms with E-state index in [9.17, 15) is 5.11 Å². The Morgan fingerprint density at radius 3 is 2.07 bits per heavy atom. The minimum Gasteiger partial charge on any atom is -0.493 e. The zero-order valence-electron chi connectivity index (χ0n) is 17.8. The van der Waals surface area contributed by atoms with Crippen molar-refractivity contribution in [3.05, 3.63) is 57.6 Å². The van der Waals surface area contributed by atoms with Gasteiger partial charge in [0.15, 0.2) is 5.75 Å². The molecule has 7 heteroatoms. The van der Waals surface area contributed by atoms with Crippen LogP contribution in [0.4, 0.5) is 0 Å². The summed E-state index contributed by atoms with van der Waals surface area (Å²) in [5.41, 5.74) is 1.70. The first kappa shape index (κ1) is 25.1. The molecule has 0 aromatic heterocycles. The number of hydrogen-bond donors (Lipinski definition) is 1. The second kappa shape index (κ2) is 11.4. The fraction of sp³-hybridized carbons (Fsp3) is 0.478. The number of rotatable bonds is 11. The molecule has 0 saturated carbocycles. The predicted octanol–water partition coefficient (Wildman–Crippen LogP) is 5.96. The molecule has 1 N–H and O–H groups in total. The van der Waals surface area contributed by atoms with Crippen LogP contribution in [0.2, 0.25) is 10.0 Å². The van der Waals surface area contributed by atoms with Gasteiger partial charge in [0.05, 0.1) is 29.1 Å². The van der Waals surface area contributed by atoms with Crippen LogP contribution in [0, 0.1) is 5.92 Å². The first-order valence-electron chi connectivity index (χ1n) is 9.77. The van der Waals surface area contributed by atoms with Gasteiger partial charge in [0.1, 0.15) is 18.5 Å². The lowest BCUT2D eigenvalue weighted by atomic mass is 9.78. The van der Waals surface area contributed by atoms with Gasteiger partial charge in [-0.1, -0.05) is 56.1 Å². The lowest BCUT2D eigenvalue weighted by molar-refractivity contribution is 0.125. The fourth-order valence-corrected chi connectivity index (χ4v) is 3.67. The van der Waals surface area contributed by atoms with Crippen molar-refractivity contribution in [3.63, 3.8) is 0 Å². The third-order valence-corrected chi connectivity index (χ3v) is 5.80. The zero-order valence-corrected chi connectivity index (χ0v) is 20.0. The number of benzene rings is 2. The number of ether oxygens (including phenoxy) is 3. The van der Waals surface area contributed by atoms with Gasteiger partial charge in [0.2, 0.25) is 0 Å². The molecule has 2 rings (SSSR count). The Bertz CT molecular complexity index is 786. The maximum atomic E-state index is 9.59. The average Bonchev–Trinajstić information content (AvgIpc) is 2.71. The molecule has 166 valence electrons. The van der Waals surface area contributed by atoms with Gasteiger partial charge in [-0.25, -0.2) is 0 Å². The Kier molecular flexibility index (Phi) is 9.58. The van der Waals surface area contributed by atoms with E-state index in [4.69, 9.17) is 49.0 Å². The molecule has 0 amide bonds. The van der Waals surface area contributed by atoms with Crippen LogP contribution in [-0.4, -0.2) is 44.0 Å². The van der Waals surface area contributed by atoms with E-state index in [-0.39, 0.29) is 17.9 Å². The summed E-state index contributed by atoms with van der Waals surface area (Å²) in [5.74, 6) is 1.55. The Morgan fingerprint density at radius 2 is 1.53 bits per heavy atom. The van der Waals surface area contributed by atoms with Gasteiger partial charge >= 0.3 is 0 Å². The largest absolute Gasteiger partial charge is 0.493 e. The molecule has 4 nitrogen and oxygen atoms in total. The summed E-state index contributed by atoms with van der Waals surface area (Å²) in [6, 6.07) is 11.7. The Morgan fingerprint density at radius 1 is 0.933 bits per heavy atom. The van der Waals surface area contributed by atoms with Crippen LogP contribution in [0.1, 0.15) is 31.9 Å². The van der Waals surface area contributed by atoms with Crippen molar-refractivity contribution in [1.29, 1.82) is 0 Å². The fourth-order valence-electron chi connectivity index (χ4n) is 2.99. The molecule has 0 aliphatic heterocycles. The molecule has 0 aliphatic rings. The summed E-state index contributed by atoms with van der Waals surface area (Å²) in [7, 11) is 1.69. The summed E-state index contributed by atoms with van der Waals surface area (Å²) in [6.45, 7) is 7.57. The van der Waals surface area contributed by atoms with Crippen LogP contribution in [0.15, 0.2) is 36.4 Å². The summed E-state index contributed by atoms with van der Waals surface area (Å²) in [5, 5.41) is 10.4. The molecule has 0 fully saturated rings. The molecule has 0 bridgehead atoms. The molecular formula is C23H29Cl3O4. The predicted molar refractivity (Wildman–Crippen MR) is 124 cm³/mol. The first-order chi connectivity index (χ1) is 14.2. The smallest absolute Gasteiger partial charge is 0.156 e. The highest BCUT2D eigenvalue weighted by atomic mass is 35.5. The number of hydrogen-bond acceptors (Lipinski definition) is 4. The molecule has 0 saturated heterocycles. The van der Waals surface area contributed by atoms with Gasteiger partial charge < -0.3 is 19.3 Å². The highest BCUT2D eigenvalue weighted by Gasteiger charge is 2.26. The molecular weight excluding hydrogens is 447 g/mol. The second-order valence-corrected chi connectivity index (χ2v) is 9.03. The molecule has 2 aromatic rings. The van der Waals surface area contributed by atoms with E-state index in [1.165, 1.54) is 0 Å². The molecule has 30 heavy (non-hydrogen) atoms. The van der Waals surface area contributed by atoms with Crippen LogP contribution >= 0.6 is 34.8 Å². The van der Waals surface area contributed by atoms with Gasteiger partial charge in [-0.15, -0.1) is 11.6 Å². The molecule has 0 unspecified atom stereocenters. The van der Waals surface area contributed by atoms with Crippen molar-refractivity contribution in [2.24, 2.45) is 5.92 Å². The molecule has 0 aliphatic carbocycles. The van der Waals surface area contributed by atoms with Crippen molar-refractivity contribution >= 4 is 34.8 Å². The van der Waals surface area contributed by atoms with Gasteiger partial charge in [-0.3, -0.25) is 0 Å². The lowest BCUT2D eigenvalue weighted by Gasteiger charge is -2.27. The van der Waals surface area contributed by atoms with Crippen molar-refractivity contribution in [2.75, 3.05) is 32.8 Å². The number of aliphatic hydroxyl groups excluding tert-OH is 1. The third kappa shape index (κ3) is 6.66. The SMILES string of the molecule is COC[C@@H](C)COc1ccc(C(C)(C)c2cc(Cl)c(OC[C@@H](O)CCl)c(Cl)c2)cc1. The molecule has 0 spiro atoms. The van der Waals surface area contributed by atoms with Crippen LogP contribution in [0.5, 0.6) is 11.5 Å². The van der Waals surface area contributed by atoms with Gasteiger partial charge in [-0.05, 0) is 35.4 Å². The van der Waals surface area contributed by atoms with Gasteiger partial charge in [0, 0.05) is 18.4 Å². The number of methoxy groups -OCH3 is 1. The summed E-state index contributed by atoms with van der Waals surface area (Å²) < 4.78 is 16.5. The Labute approximate surface area is 194 Å². The second-order valence-electron chi connectivity index (χ2n) is 7.91. The van der Waals surface area contributed by atoms with Crippen molar-refractivity contribution in [2.45, 2.75) is 32.3 Å². The Balaban J connectivity index is 2.16. The van der Waals surface area contributed by atoms with Crippen molar-refractivity contribution < 1.29 is 19.3 Å². The van der Waals surface area contributed by atoms with Crippen LogP contribution < -0.4 is 9.47 Å². The number of alkyl halides is 1. The van der Waals surface area contributed by atoms with E-state index in [2.05, 4.69) is 20.8 Å². The summed E-state index contributed by atoms with van der Waals surface area (Å²) in [4.78, 5) is 0. The third-order valence-electron chi connectivity index (χ3n) is 4.88. The number of halogens is 3. The lowest BCUT2D eigenvalue weighted by Crippen LogP contribution is -2.20. The Hall–Kier alpha value is -1.17. The van der Waals surface area contributed by atoms with E-state index in [0.29, 0.717) is 34.9 Å². The maximum absolute atomic E-state index is 9.59. The minimum atomic E-state index is -0.784. The standard InChI is InChI=1S/C23H29Cl3O4/c1-15(12-28-4)13-29-19-7-5-16(6-8-19)23(2,3)17-9-20(25)22(21(26)10-17)30-14-18(27)11-24/h5-10,15,18,27H,11-14H2,1-4H3/t15-,18+/m1/s1. The monoisotopic (exact) mass is 474 g/mol. The zero-order chi connectivity index (χ0) is 22.3. The van der Waals surface area contributed by atoms with Crippen LogP contribution in [0.3, 0.4) is 0 Å². The maximum Gasteiger partial charge on any atom is 0.156 e. The van der Waals surface area contributed by atoms with Crippen molar-refractivity contribution in [1.82, 2.24) is 0 Å². The first-order valence-corrected chi connectivity index (χ1v) is 11.1. The van der Waals surface area contributed by atoms with Gasteiger partial charge in [-0.2, -0.15) is 0 Å². The van der Waals surface area contributed by atoms with E-state index < -0.39 is 6.10 Å². The van der Waals surface area contributed by atoms with Crippen LogP contribution in [0.25, 0.3) is 0 Å². The van der Waals surface area contributed by atoms with E-state index in [1.807, 2.05) is 36.4 Å². The number of aliphatic hydroxyl groups is 1. The summed E-state index contributed by atoms with van der Waals surface area (Å²) >= 11 is 18.4. The highest BCUT2D eigenvalue weighted by Crippen LogP contribution is 2.40. The van der Waals surface area contributed by atoms with E-state index in [1.54, 1.807) is 7.11 Å². The molecule has 0 heterocycles. The van der Waals surface area contributed by atoms with E-state index >= 15 is 0 Å². The minimum absolute atomic E-state index is 0.0239. The van der Waals surface area contributed by atoms with Crippen LogP contribution in [-0.2, 0) is 10.2 Å². The molecule has 0 radical (unpaired) electrons. The van der Waals surface area contributed by atoms with E-state index in [0.717, 1.165) is 16.9 Å². The molecule has 2 aromatic carbocycles. The van der Waals surface area contributed by atoms with Crippen molar-refractivity contribution in [3.8, 4) is 11.5 Å². The average molecular weight is 476 g/mol. The molecule has 2 atom stereocenters. The quantitative estimate of drug-likeness (QED) is 0.407. The normalized spacial score (nSPS) is 13.7. The highest BCUT2D eigenvalue weighted by molar-refractivity contribution is 6.37. The van der Waals surface area contributed by atoms with Gasteiger partial charge in [0.25, 0.3) is 0 Å².